The maximum absolute atomic E-state index is 11.5. The van der Waals surface area contributed by atoms with Crippen molar-refractivity contribution in [2.75, 3.05) is 0 Å². The van der Waals surface area contributed by atoms with E-state index in [4.69, 9.17) is 9.40 Å². The molecule has 0 fully saturated rings. The van der Waals surface area contributed by atoms with E-state index in [0.29, 0.717) is 11.5 Å². The van der Waals surface area contributed by atoms with Gasteiger partial charge in [-0.1, -0.05) is 91.7 Å². The monoisotopic (exact) mass is 463 g/mol. The molecule has 0 aliphatic heterocycles. The average Bonchev–Trinajstić information content (AvgIpc) is 3.32. The second-order valence-electron chi connectivity index (χ2n) is 9.13. The smallest absolute Gasteiger partial charge is 0.335 e. The minimum absolute atomic E-state index is 0.213. The van der Waals surface area contributed by atoms with Gasteiger partial charge in [-0.3, -0.25) is 0 Å². The number of hydrogen-bond acceptors (Lipinski definition) is 3. The predicted octanol–water partition coefficient (Wildman–Crippen LogP) is 7.91. The molecule has 1 N–H and O–H groups in total. The summed E-state index contributed by atoms with van der Waals surface area (Å²) in [4.78, 5) is 16.6. The highest BCUT2D eigenvalue weighted by Crippen LogP contribution is 2.39. The number of hydrogen-bond donors (Lipinski definition) is 1. The van der Waals surface area contributed by atoms with E-state index in [0.717, 1.165) is 65.8 Å². The van der Waals surface area contributed by atoms with Crippen molar-refractivity contribution >= 4 is 11.5 Å². The summed E-state index contributed by atoms with van der Waals surface area (Å²) < 4.78 is 6.55. The molecule has 1 aliphatic rings. The lowest BCUT2D eigenvalue weighted by atomic mass is 9.84. The van der Waals surface area contributed by atoms with Crippen molar-refractivity contribution in [2.24, 2.45) is 5.92 Å². The molecule has 0 radical (unpaired) electrons. The summed E-state index contributed by atoms with van der Waals surface area (Å²) in [5.41, 5.74) is 5.36. The molecule has 1 aliphatic carbocycles. The maximum atomic E-state index is 11.5. The van der Waals surface area contributed by atoms with Crippen molar-refractivity contribution in [1.29, 1.82) is 0 Å². The van der Waals surface area contributed by atoms with Gasteiger partial charge in [0.05, 0.1) is 5.56 Å². The summed E-state index contributed by atoms with van der Waals surface area (Å²) in [5, 5.41) is 9.44. The minimum atomic E-state index is -0.895. The number of nitrogens with zero attached hydrogens (tertiary/aromatic N) is 1. The molecule has 5 rings (SSSR count). The summed E-state index contributed by atoms with van der Waals surface area (Å²) in [5.74, 6) is 0.767. The van der Waals surface area contributed by atoms with E-state index in [2.05, 4.69) is 30.3 Å². The Balaban J connectivity index is 1.57. The van der Waals surface area contributed by atoms with Crippen LogP contribution in [0.3, 0.4) is 0 Å². The van der Waals surface area contributed by atoms with E-state index >= 15 is 0 Å². The molecule has 1 heterocycles. The second kappa shape index (κ2) is 10.6. The number of benzene rings is 3. The van der Waals surface area contributed by atoms with Gasteiger partial charge < -0.3 is 9.52 Å². The van der Waals surface area contributed by atoms with Gasteiger partial charge in [0.2, 0.25) is 5.89 Å². The Hall–Kier alpha value is -3.92. The number of carboxylic acids is 1. The molecule has 1 unspecified atom stereocenters. The van der Waals surface area contributed by atoms with Crippen LogP contribution in [0.5, 0.6) is 0 Å². The Bertz CT molecular complexity index is 1260. The fraction of sp³-hybridized carbons (Fsp3) is 0.226. The van der Waals surface area contributed by atoms with Crippen LogP contribution in [-0.4, -0.2) is 16.1 Å². The first kappa shape index (κ1) is 22.9. The third-order valence-electron chi connectivity index (χ3n) is 6.67. The Morgan fingerprint density at radius 1 is 0.886 bits per heavy atom. The van der Waals surface area contributed by atoms with Crippen LogP contribution in [0.25, 0.3) is 28.2 Å². The zero-order chi connectivity index (χ0) is 24.0. The highest BCUT2D eigenvalue weighted by molar-refractivity contribution is 5.87. The van der Waals surface area contributed by atoms with E-state index < -0.39 is 5.97 Å². The summed E-state index contributed by atoms with van der Waals surface area (Å²) >= 11 is 0. The molecule has 0 spiro atoms. The molecule has 35 heavy (non-hydrogen) atoms. The lowest BCUT2D eigenvalue weighted by Crippen LogP contribution is -2.10. The van der Waals surface area contributed by atoms with E-state index in [1.54, 1.807) is 12.1 Å². The fourth-order valence-corrected chi connectivity index (χ4v) is 4.90. The molecule has 4 nitrogen and oxygen atoms in total. The van der Waals surface area contributed by atoms with Crippen LogP contribution in [0.15, 0.2) is 95.4 Å². The predicted molar refractivity (Wildman–Crippen MR) is 139 cm³/mol. The van der Waals surface area contributed by atoms with Crippen molar-refractivity contribution < 1.29 is 14.3 Å². The maximum Gasteiger partial charge on any atom is 0.335 e. The van der Waals surface area contributed by atoms with Gasteiger partial charge in [-0.15, -0.1) is 0 Å². The number of aromatic carboxylic acids is 1. The highest BCUT2D eigenvalue weighted by atomic mass is 16.4. The van der Waals surface area contributed by atoms with Gasteiger partial charge in [-0.25, -0.2) is 9.78 Å². The molecular formula is C31H29NO3. The van der Waals surface area contributed by atoms with E-state index in [-0.39, 0.29) is 5.92 Å². The standard InChI is InChI=1S/C31H29NO3/c33-31(34)26-18-11-12-22(21-26)20-25-17-5-1-2-10-19-27(25)30-32-28(23-13-6-3-7-14-23)29(35-30)24-15-8-4-9-16-24/h3-4,6-9,11-16,18-19,21,25H,1-2,5,10,17,20H2,(H,33,34). The number of oxazole rings is 1. The molecular weight excluding hydrogens is 434 g/mol. The van der Waals surface area contributed by atoms with Crippen LogP contribution in [-0.2, 0) is 6.42 Å². The molecule has 0 amide bonds. The van der Waals surface area contributed by atoms with Crippen molar-refractivity contribution in [3.8, 4) is 22.6 Å². The first-order valence-electron chi connectivity index (χ1n) is 12.3. The molecule has 0 bridgehead atoms. The lowest BCUT2D eigenvalue weighted by Gasteiger charge is -2.21. The minimum Gasteiger partial charge on any atom is -0.478 e. The van der Waals surface area contributed by atoms with Crippen molar-refractivity contribution in [3.63, 3.8) is 0 Å². The number of allylic oxidation sites excluding steroid dienone is 2. The van der Waals surface area contributed by atoms with Crippen LogP contribution in [0, 0.1) is 5.92 Å². The molecule has 0 saturated carbocycles. The van der Waals surface area contributed by atoms with Gasteiger partial charge in [-0.2, -0.15) is 0 Å². The van der Waals surface area contributed by atoms with Crippen LogP contribution >= 0.6 is 0 Å². The zero-order valence-electron chi connectivity index (χ0n) is 19.7. The Morgan fingerprint density at radius 2 is 1.63 bits per heavy atom. The largest absolute Gasteiger partial charge is 0.478 e. The van der Waals surface area contributed by atoms with Crippen LogP contribution in [0.1, 0.15) is 53.9 Å². The van der Waals surface area contributed by atoms with E-state index in [1.165, 1.54) is 6.42 Å². The van der Waals surface area contributed by atoms with Crippen LogP contribution in [0.2, 0.25) is 0 Å². The summed E-state index contributed by atoms with van der Waals surface area (Å²) in [6.45, 7) is 0. The fourth-order valence-electron chi connectivity index (χ4n) is 4.90. The van der Waals surface area contributed by atoms with Crippen molar-refractivity contribution in [1.82, 2.24) is 4.98 Å². The number of carbonyl (C=O) groups is 1. The molecule has 4 aromatic rings. The van der Waals surface area contributed by atoms with Gasteiger partial charge in [0, 0.05) is 16.7 Å². The van der Waals surface area contributed by atoms with Crippen LogP contribution < -0.4 is 0 Å². The molecule has 176 valence electrons. The topological polar surface area (TPSA) is 63.3 Å². The van der Waals surface area contributed by atoms with Crippen molar-refractivity contribution in [2.45, 2.75) is 38.5 Å². The molecule has 1 atom stereocenters. The third-order valence-corrected chi connectivity index (χ3v) is 6.67. The first-order valence-corrected chi connectivity index (χ1v) is 12.3. The number of rotatable bonds is 6. The summed E-state index contributed by atoms with van der Waals surface area (Å²) in [6.07, 6.45) is 8.56. The van der Waals surface area contributed by atoms with Gasteiger partial charge in [0.15, 0.2) is 5.76 Å². The van der Waals surface area contributed by atoms with E-state index in [9.17, 15) is 9.90 Å². The summed E-state index contributed by atoms with van der Waals surface area (Å²) in [6, 6.07) is 27.6. The van der Waals surface area contributed by atoms with E-state index in [1.807, 2.05) is 48.5 Å². The zero-order valence-corrected chi connectivity index (χ0v) is 19.7. The van der Waals surface area contributed by atoms with Gasteiger partial charge in [0.1, 0.15) is 5.69 Å². The third kappa shape index (κ3) is 5.27. The quantitative estimate of drug-likeness (QED) is 0.315. The normalized spacial score (nSPS) is 16.2. The second-order valence-corrected chi connectivity index (χ2v) is 9.13. The average molecular weight is 464 g/mol. The number of aromatic nitrogens is 1. The first-order chi connectivity index (χ1) is 17.2. The Labute approximate surface area is 206 Å². The highest BCUT2D eigenvalue weighted by Gasteiger charge is 2.25. The molecule has 1 aromatic heterocycles. The SMILES string of the molecule is O=C(O)c1cccc(CC2CCCCCC=C2c2nc(-c3ccccc3)c(-c3ccccc3)o2)c1. The lowest BCUT2D eigenvalue weighted by molar-refractivity contribution is 0.0696. The van der Waals surface area contributed by atoms with Crippen molar-refractivity contribution in [3.05, 3.63) is 108 Å². The van der Waals surface area contributed by atoms with Crippen LogP contribution in [0.4, 0.5) is 0 Å². The van der Waals surface area contributed by atoms with Gasteiger partial charge >= 0.3 is 5.97 Å². The Kier molecular flexibility index (Phi) is 6.89. The van der Waals surface area contributed by atoms with Gasteiger partial charge in [0.25, 0.3) is 0 Å². The van der Waals surface area contributed by atoms with Gasteiger partial charge in [-0.05, 0) is 49.3 Å². The Morgan fingerprint density at radius 3 is 2.37 bits per heavy atom. The molecule has 3 aromatic carbocycles. The molecule has 4 heteroatoms. The molecule has 0 saturated heterocycles. The number of carboxylic acid groups (broad SMARTS) is 1. The summed E-state index contributed by atoms with van der Waals surface area (Å²) in [7, 11) is 0.